The second kappa shape index (κ2) is 5.10. The largest absolute Gasteiger partial charge is 0.393 e. The van der Waals surface area contributed by atoms with Gasteiger partial charge in [0.25, 0.3) is 0 Å². The Labute approximate surface area is 92.2 Å². The van der Waals surface area contributed by atoms with Crippen LogP contribution in [0.15, 0.2) is 12.2 Å². The number of rotatable bonds is 5. The Hall–Kier alpha value is -0.380. The van der Waals surface area contributed by atoms with E-state index in [0.717, 1.165) is 45.1 Å². The van der Waals surface area contributed by atoms with Gasteiger partial charge in [0.1, 0.15) is 0 Å². The molecule has 0 bridgehead atoms. The van der Waals surface area contributed by atoms with Gasteiger partial charge in [-0.25, -0.2) is 0 Å². The Bertz CT molecular complexity index is 218. The van der Waals surface area contributed by atoms with E-state index in [2.05, 4.69) is 16.8 Å². The highest BCUT2D eigenvalue weighted by atomic mass is 16.3. The van der Waals surface area contributed by atoms with E-state index in [-0.39, 0.29) is 6.10 Å². The SMILES string of the molecule is C=C(CNC1CC1)CN1CCC(O)CC1. The Balaban J connectivity index is 1.60. The van der Waals surface area contributed by atoms with Gasteiger partial charge in [0, 0.05) is 32.2 Å². The lowest BCUT2D eigenvalue weighted by atomic mass is 10.1. The zero-order valence-corrected chi connectivity index (χ0v) is 9.41. The van der Waals surface area contributed by atoms with Crippen molar-refractivity contribution in [3.63, 3.8) is 0 Å². The van der Waals surface area contributed by atoms with Gasteiger partial charge < -0.3 is 10.4 Å². The van der Waals surface area contributed by atoms with Crippen LogP contribution in [0.1, 0.15) is 25.7 Å². The zero-order chi connectivity index (χ0) is 10.7. The van der Waals surface area contributed by atoms with Crippen LogP contribution in [-0.4, -0.2) is 48.3 Å². The minimum absolute atomic E-state index is 0.0703. The maximum Gasteiger partial charge on any atom is 0.0564 e. The van der Waals surface area contributed by atoms with Crippen LogP contribution in [0.4, 0.5) is 0 Å². The van der Waals surface area contributed by atoms with Crippen molar-refractivity contribution in [1.82, 2.24) is 10.2 Å². The first-order valence-electron chi connectivity index (χ1n) is 6.04. The van der Waals surface area contributed by atoms with Crippen molar-refractivity contribution in [2.75, 3.05) is 26.2 Å². The van der Waals surface area contributed by atoms with Crippen LogP contribution in [-0.2, 0) is 0 Å². The maximum absolute atomic E-state index is 9.38. The van der Waals surface area contributed by atoms with Gasteiger partial charge in [-0.3, -0.25) is 4.90 Å². The van der Waals surface area contributed by atoms with E-state index in [0.29, 0.717) is 0 Å². The topological polar surface area (TPSA) is 35.5 Å². The molecule has 0 atom stereocenters. The first-order valence-corrected chi connectivity index (χ1v) is 6.04. The lowest BCUT2D eigenvalue weighted by Gasteiger charge is -2.30. The van der Waals surface area contributed by atoms with Gasteiger partial charge >= 0.3 is 0 Å². The van der Waals surface area contributed by atoms with Gasteiger partial charge in [0.05, 0.1) is 6.10 Å². The molecule has 2 aliphatic rings. The van der Waals surface area contributed by atoms with Crippen molar-refractivity contribution < 1.29 is 5.11 Å². The molecule has 2 N–H and O–H groups in total. The van der Waals surface area contributed by atoms with Crippen LogP contribution >= 0.6 is 0 Å². The third-order valence-corrected chi connectivity index (χ3v) is 3.22. The van der Waals surface area contributed by atoms with Crippen LogP contribution in [0.2, 0.25) is 0 Å². The van der Waals surface area contributed by atoms with Crippen molar-refractivity contribution in [1.29, 1.82) is 0 Å². The van der Waals surface area contributed by atoms with Crippen LogP contribution in [0.25, 0.3) is 0 Å². The number of hydrogen-bond donors (Lipinski definition) is 2. The lowest BCUT2D eigenvalue weighted by molar-refractivity contribution is 0.0867. The lowest BCUT2D eigenvalue weighted by Crippen LogP contribution is -2.38. The fourth-order valence-corrected chi connectivity index (χ4v) is 2.03. The average molecular weight is 210 g/mol. The summed E-state index contributed by atoms with van der Waals surface area (Å²) >= 11 is 0. The number of aliphatic hydroxyl groups excluding tert-OH is 1. The first kappa shape index (κ1) is 11.1. The zero-order valence-electron chi connectivity index (χ0n) is 9.41. The second-order valence-corrected chi connectivity index (χ2v) is 4.91. The molecule has 3 nitrogen and oxygen atoms in total. The summed E-state index contributed by atoms with van der Waals surface area (Å²) in [7, 11) is 0. The van der Waals surface area contributed by atoms with Crippen LogP contribution in [0, 0.1) is 0 Å². The van der Waals surface area contributed by atoms with E-state index >= 15 is 0 Å². The van der Waals surface area contributed by atoms with E-state index in [1.54, 1.807) is 0 Å². The first-order chi connectivity index (χ1) is 7.24. The predicted molar refractivity (Wildman–Crippen MR) is 61.8 cm³/mol. The maximum atomic E-state index is 9.38. The summed E-state index contributed by atoms with van der Waals surface area (Å²) in [6.45, 7) is 8.09. The normalized spacial score (nSPS) is 24.3. The molecule has 0 radical (unpaired) electrons. The third-order valence-electron chi connectivity index (χ3n) is 3.22. The quantitative estimate of drug-likeness (QED) is 0.657. The van der Waals surface area contributed by atoms with Gasteiger partial charge in [-0.15, -0.1) is 0 Å². The molecule has 0 aromatic heterocycles. The van der Waals surface area contributed by atoms with Crippen molar-refractivity contribution in [3.8, 4) is 0 Å². The van der Waals surface area contributed by atoms with Crippen LogP contribution in [0.5, 0.6) is 0 Å². The molecule has 1 saturated carbocycles. The van der Waals surface area contributed by atoms with Crippen molar-refractivity contribution in [3.05, 3.63) is 12.2 Å². The van der Waals surface area contributed by atoms with E-state index in [9.17, 15) is 5.11 Å². The van der Waals surface area contributed by atoms with Crippen LogP contribution < -0.4 is 5.32 Å². The summed E-state index contributed by atoms with van der Waals surface area (Å²) in [5, 5.41) is 12.9. The Morgan fingerprint density at radius 1 is 1.27 bits per heavy atom. The number of likely N-dealkylation sites (tertiary alicyclic amines) is 1. The number of nitrogens with zero attached hydrogens (tertiary/aromatic N) is 1. The molecule has 0 amide bonds. The van der Waals surface area contributed by atoms with Gasteiger partial charge in [-0.05, 0) is 31.3 Å². The van der Waals surface area contributed by atoms with Gasteiger partial charge in [-0.1, -0.05) is 6.58 Å². The summed E-state index contributed by atoms with van der Waals surface area (Å²) in [5.74, 6) is 0. The molecule has 1 aliphatic heterocycles. The molecule has 0 spiro atoms. The Morgan fingerprint density at radius 3 is 2.53 bits per heavy atom. The summed E-state index contributed by atoms with van der Waals surface area (Å²) in [6.07, 6.45) is 4.44. The van der Waals surface area contributed by atoms with E-state index in [1.807, 2.05) is 0 Å². The van der Waals surface area contributed by atoms with Crippen molar-refractivity contribution in [2.24, 2.45) is 0 Å². The van der Waals surface area contributed by atoms with E-state index in [4.69, 9.17) is 0 Å². The summed E-state index contributed by atoms with van der Waals surface area (Å²) in [5.41, 5.74) is 1.28. The molecule has 0 aromatic carbocycles. The van der Waals surface area contributed by atoms with Crippen LogP contribution in [0.3, 0.4) is 0 Å². The van der Waals surface area contributed by atoms with E-state index in [1.165, 1.54) is 18.4 Å². The highest BCUT2D eigenvalue weighted by Crippen LogP contribution is 2.18. The molecule has 1 heterocycles. The number of piperidine rings is 1. The van der Waals surface area contributed by atoms with Gasteiger partial charge in [-0.2, -0.15) is 0 Å². The number of nitrogens with one attached hydrogen (secondary N) is 1. The molecule has 1 saturated heterocycles. The average Bonchev–Trinajstić information content (AvgIpc) is 3.02. The summed E-state index contributed by atoms with van der Waals surface area (Å²) in [6, 6.07) is 0.768. The highest BCUT2D eigenvalue weighted by Gasteiger charge is 2.21. The Kier molecular flexibility index (Phi) is 3.78. The molecule has 2 fully saturated rings. The third kappa shape index (κ3) is 3.93. The number of hydrogen-bond acceptors (Lipinski definition) is 3. The molecule has 0 aromatic rings. The van der Waals surface area contributed by atoms with Crippen molar-refractivity contribution >= 4 is 0 Å². The monoisotopic (exact) mass is 210 g/mol. The summed E-state index contributed by atoms with van der Waals surface area (Å²) in [4.78, 5) is 2.39. The minimum atomic E-state index is -0.0703. The minimum Gasteiger partial charge on any atom is -0.393 e. The molecular weight excluding hydrogens is 188 g/mol. The van der Waals surface area contributed by atoms with E-state index < -0.39 is 0 Å². The molecule has 15 heavy (non-hydrogen) atoms. The molecule has 3 heteroatoms. The molecule has 0 unspecified atom stereocenters. The Morgan fingerprint density at radius 2 is 1.93 bits per heavy atom. The molecule has 1 aliphatic carbocycles. The fraction of sp³-hybridized carbons (Fsp3) is 0.833. The molecule has 2 rings (SSSR count). The van der Waals surface area contributed by atoms with Gasteiger partial charge in [0.2, 0.25) is 0 Å². The highest BCUT2D eigenvalue weighted by molar-refractivity contribution is 5.02. The number of aliphatic hydroxyl groups is 1. The second-order valence-electron chi connectivity index (χ2n) is 4.91. The standard InChI is InChI=1S/C12H22N2O/c1-10(8-13-11-2-3-11)9-14-6-4-12(15)5-7-14/h11-13,15H,1-9H2. The smallest absolute Gasteiger partial charge is 0.0564 e. The molecular formula is C12H22N2O. The predicted octanol–water partition coefficient (Wildman–Crippen LogP) is 0.751. The summed E-state index contributed by atoms with van der Waals surface area (Å²) < 4.78 is 0. The van der Waals surface area contributed by atoms with Gasteiger partial charge in [0.15, 0.2) is 0 Å². The van der Waals surface area contributed by atoms with Crippen molar-refractivity contribution in [2.45, 2.75) is 37.8 Å². The molecule has 86 valence electrons. The fourth-order valence-electron chi connectivity index (χ4n) is 2.03.